The molecule has 16 heavy (non-hydrogen) atoms. The molecule has 2 fully saturated rings. The van der Waals surface area contributed by atoms with Crippen LogP contribution in [0.5, 0.6) is 0 Å². The number of primary amides is 1. The number of carbonyl (C=O) groups excluding carboxylic acids is 1. The van der Waals surface area contributed by atoms with Gasteiger partial charge in [-0.25, -0.2) is 0 Å². The van der Waals surface area contributed by atoms with Gasteiger partial charge in [0, 0.05) is 30.1 Å². The Hall–Kier alpha value is -0.870. The number of hydrogen-bond acceptors (Lipinski definition) is 3. The summed E-state index contributed by atoms with van der Waals surface area (Å²) in [5.74, 6) is -0.313. The molecule has 1 atom stereocenters. The second-order valence-corrected chi connectivity index (χ2v) is 5.25. The lowest BCUT2D eigenvalue weighted by Crippen LogP contribution is -2.67. The summed E-state index contributed by atoms with van der Waals surface area (Å²) in [6, 6.07) is 0.304. The lowest BCUT2D eigenvalue weighted by atomic mass is 9.76. The molecule has 0 bridgehead atoms. The molecule has 1 amide bonds. The van der Waals surface area contributed by atoms with E-state index < -0.39 is 0 Å². The van der Waals surface area contributed by atoms with Crippen molar-refractivity contribution in [2.75, 3.05) is 26.3 Å². The van der Waals surface area contributed by atoms with Crippen molar-refractivity contribution < 1.29 is 9.53 Å². The number of hydrogen-bond donors (Lipinski definition) is 1. The summed E-state index contributed by atoms with van der Waals surface area (Å²) < 4.78 is 5.24. The van der Waals surface area contributed by atoms with Crippen LogP contribution in [0.3, 0.4) is 0 Å². The lowest BCUT2D eigenvalue weighted by molar-refractivity contribution is -0.194. The zero-order valence-corrected chi connectivity index (χ0v) is 10.2. The second kappa shape index (κ2) is 3.86. The summed E-state index contributed by atoms with van der Waals surface area (Å²) in [5, 5.41) is 0. The average molecular weight is 224 g/mol. The Kier molecular flexibility index (Phi) is 2.80. The largest absolute Gasteiger partial charge is 0.380 e. The quantitative estimate of drug-likeness (QED) is 0.711. The molecule has 2 aliphatic rings. The monoisotopic (exact) mass is 224 g/mol. The second-order valence-electron chi connectivity index (χ2n) is 5.25. The van der Waals surface area contributed by atoms with Gasteiger partial charge >= 0.3 is 0 Å². The van der Waals surface area contributed by atoms with Gasteiger partial charge in [-0.05, 0) is 26.3 Å². The summed E-state index contributed by atoms with van der Waals surface area (Å²) >= 11 is 0. The third kappa shape index (κ3) is 1.76. The van der Waals surface area contributed by atoms with Crippen LogP contribution >= 0.6 is 0 Å². The Morgan fingerprint density at radius 3 is 2.31 bits per heavy atom. The zero-order valence-electron chi connectivity index (χ0n) is 10.2. The Morgan fingerprint density at radius 1 is 1.38 bits per heavy atom. The molecule has 1 spiro atoms. The van der Waals surface area contributed by atoms with Crippen molar-refractivity contribution in [2.45, 2.75) is 26.8 Å². The van der Waals surface area contributed by atoms with Crippen molar-refractivity contribution in [1.29, 1.82) is 0 Å². The first-order valence-corrected chi connectivity index (χ1v) is 5.74. The lowest BCUT2D eigenvalue weighted by Gasteiger charge is -2.57. The van der Waals surface area contributed by atoms with Crippen molar-refractivity contribution >= 4 is 5.91 Å². The molecule has 2 N–H and O–H groups in total. The topological polar surface area (TPSA) is 55.6 Å². The van der Waals surface area contributed by atoms with Crippen molar-refractivity contribution in [3.8, 4) is 0 Å². The van der Waals surface area contributed by atoms with Gasteiger partial charge in [-0.1, -0.05) is 0 Å². The Balaban J connectivity index is 1.96. The van der Waals surface area contributed by atoms with Crippen molar-refractivity contribution in [3.05, 3.63) is 11.1 Å². The molecule has 0 aromatic carbocycles. The van der Waals surface area contributed by atoms with Crippen LogP contribution in [-0.2, 0) is 9.53 Å². The van der Waals surface area contributed by atoms with Crippen LogP contribution in [0.25, 0.3) is 0 Å². The van der Waals surface area contributed by atoms with Gasteiger partial charge in [-0.15, -0.1) is 0 Å². The minimum absolute atomic E-state index is 0.304. The van der Waals surface area contributed by atoms with Crippen molar-refractivity contribution in [3.63, 3.8) is 0 Å². The van der Waals surface area contributed by atoms with Gasteiger partial charge in [-0.2, -0.15) is 0 Å². The third-order valence-corrected chi connectivity index (χ3v) is 4.03. The molecule has 2 aliphatic heterocycles. The average Bonchev–Trinajstić information content (AvgIpc) is 2.10. The van der Waals surface area contributed by atoms with Crippen LogP contribution in [0, 0.1) is 5.41 Å². The van der Waals surface area contributed by atoms with E-state index in [-0.39, 0.29) is 5.91 Å². The van der Waals surface area contributed by atoms with Gasteiger partial charge in [0.1, 0.15) is 0 Å². The summed E-state index contributed by atoms with van der Waals surface area (Å²) in [4.78, 5) is 13.5. The first-order chi connectivity index (χ1) is 7.45. The number of likely N-dealkylation sites (tertiary alicyclic amines) is 1. The van der Waals surface area contributed by atoms with Gasteiger partial charge in [0.15, 0.2) is 0 Å². The SMILES string of the molecule is C/C(C(N)=O)=C(/C)C(C)N1CC2(COC2)C1. The number of nitrogens with zero attached hydrogens (tertiary/aromatic N) is 1. The van der Waals surface area contributed by atoms with E-state index in [0.29, 0.717) is 17.0 Å². The fourth-order valence-corrected chi connectivity index (χ4v) is 2.44. The van der Waals surface area contributed by atoms with E-state index >= 15 is 0 Å². The van der Waals surface area contributed by atoms with Crippen LogP contribution in [0.1, 0.15) is 20.8 Å². The van der Waals surface area contributed by atoms with Gasteiger partial charge < -0.3 is 10.5 Å². The van der Waals surface area contributed by atoms with Crippen LogP contribution in [0.15, 0.2) is 11.1 Å². The number of amides is 1. The molecular weight excluding hydrogens is 204 g/mol. The highest BCUT2D eigenvalue weighted by Crippen LogP contribution is 2.39. The van der Waals surface area contributed by atoms with E-state index in [4.69, 9.17) is 10.5 Å². The highest BCUT2D eigenvalue weighted by atomic mass is 16.5. The Labute approximate surface area is 96.4 Å². The smallest absolute Gasteiger partial charge is 0.244 e. The minimum Gasteiger partial charge on any atom is -0.380 e. The summed E-state index contributed by atoms with van der Waals surface area (Å²) in [6.45, 7) is 9.88. The number of nitrogens with two attached hydrogens (primary N) is 1. The van der Waals surface area contributed by atoms with Crippen LogP contribution < -0.4 is 5.73 Å². The van der Waals surface area contributed by atoms with Crippen LogP contribution in [0.2, 0.25) is 0 Å². The first kappa shape index (κ1) is 11.6. The Bertz CT molecular complexity index is 337. The summed E-state index contributed by atoms with van der Waals surface area (Å²) in [6.07, 6.45) is 0. The highest BCUT2D eigenvalue weighted by Gasteiger charge is 2.50. The summed E-state index contributed by atoms with van der Waals surface area (Å²) in [5.41, 5.74) is 7.49. The van der Waals surface area contributed by atoms with Gasteiger partial charge in [0.25, 0.3) is 0 Å². The predicted molar refractivity (Wildman–Crippen MR) is 61.9 cm³/mol. The standard InChI is InChI=1S/C12H20N2O2/c1-8(9(2)11(13)15)10(3)14-4-12(5-14)6-16-7-12/h10H,4-7H2,1-3H3,(H2,13,15)/b9-8+. The van der Waals surface area contributed by atoms with Crippen LogP contribution in [-0.4, -0.2) is 43.2 Å². The molecule has 0 aromatic rings. The Morgan fingerprint density at radius 2 is 1.94 bits per heavy atom. The molecule has 2 heterocycles. The molecule has 0 aromatic heterocycles. The van der Waals surface area contributed by atoms with E-state index in [0.717, 1.165) is 31.9 Å². The molecule has 1 unspecified atom stereocenters. The molecule has 0 aliphatic carbocycles. The van der Waals surface area contributed by atoms with E-state index in [1.165, 1.54) is 0 Å². The molecule has 4 nitrogen and oxygen atoms in total. The van der Waals surface area contributed by atoms with E-state index in [1.54, 1.807) is 6.92 Å². The molecule has 2 rings (SSSR count). The molecular formula is C12H20N2O2. The maximum absolute atomic E-state index is 11.1. The number of carbonyl (C=O) groups is 1. The first-order valence-electron chi connectivity index (χ1n) is 5.74. The highest BCUT2D eigenvalue weighted by molar-refractivity contribution is 5.92. The van der Waals surface area contributed by atoms with Gasteiger partial charge in [-0.3, -0.25) is 9.69 Å². The number of rotatable bonds is 3. The van der Waals surface area contributed by atoms with E-state index in [1.807, 2.05) is 6.92 Å². The van der Waals surface area contributed by atoms with E-state index in [9.17, 15) is 4.79 Å². The van der Waals surface area contributed by atoms with Gasteiger partial charge in [0.2, 0.25) is 5.91 Å². The molecule has 0 saturated carbocycles. The normalized spacial score (nSPS) is 26.7. The fraction of sp³-hybridized carbons (Fsp3) is 0.750. The molecule has 2 saturated heterocycles. The molecule has 0 radical (unpaired) electrons. The maximum atomic E-state index is 11.1. The number of ether oxygens (including phenoxy) is 1. The van der Waals surface area contributed by atoms with Crippen molar-refractivity contribution in [2.24, 2.45) is 11.1 Å². The predicted octanol–water partition coefficient (Wildman–Crippen LogP) is 0.529. The molecule has 90 valence electrons. The van der Waals surface area contributed by atoms with E-state index in [2.05, 4.69) is 11.8 Å². The van der Waals surface area contributed by atoms with Gasteiger partial charge in [0.05, 0.1) is 13.2 Å². The molecule has 4 heteroatoms. The summed E-state index contributed by atoms with van der Waals surface area (Å²) in [7, 11) is 0. The fourth-order valence-electron chi connectivity index (χ4n) is 2.44. The zero-order chi connectivity index (χ0) is 11.9. The third-order valence-electron chi connectivity index (χ3n) is 4.03. The van der Waals surface area contributed by atoms with Crippen LogP contribution in [0.4, 0.5) is 0 Å². The maximum Gasteiger partial charge on any atom is 0.244 e. The minimum atomic E-state index is -0.313. The van der Waals surface area contributed by atoms with Crippen molar-refractivity contribution in [1.82, 2.24) is 4.90 Å².